The summed E-state index contributed by atoms with van der Waals surface area (Å²) in [6.45, 7) is 17.1. The van der Waals surface area contributed by atoms with E-state index in [1.54, 1.807) is 0 Å². The predicted molar refractivity (Wildman–Crippen MR) is 184 cm³/mol. The highest BCUT2D eigenvalue weighted by molar-refractivity contribution is 5.94. The molecule has 2 bridgehead atoms. The van der Waals surface area contributed by atoms with E-state index in [0.717, 1.165) is 71.8 Å². The van der Waals surface area contributed by atoms with E-state index in [-0.39, 0.29) is 11.8 Å². The molecule has 45 heavy (non-hydrogen) atoms. The SMILES string of the molecule is Cc1cc(C)cc(-c2[nH]c3ccc(C(C)(C)C(=O)N4CC5CCC4CC5)cc3c2[C@H](C)CNCCc2cc(C)[n+]([O-])c(C)c2)c1. The first-order chi connectivity index (χ1) is 21.4. The van der Waals surface area contributed by atoms with E-state index < -0.39 is 5.41 Å². The van der Waals surface area contributed by atoms with Crippen LogP contribution >= 0.6 is 0 Å². The van der Waals surface area contributed by atoms with Crippen LogP contribution in [0.3, 0.4) is 0 Å². The minimum Gasteiger partial charge on any atom is -0.618 e. The molecule has 3 aliphatic rings. The number of aromatic amines is 1. The Morgan fingerprint density at radius 2 is 1.67 bits per heavy atom. The number of H-pyrrole nitrogens is 1. The molecule has 238 valence electrons. The number of fused-ring (bicyclic) bond motifs is 4. The number of aryl methyl sites for hydroxylation is 4. The second kappa shape index (κ2) is 12.3. The molecule has 2 aromatic carbocycles. The summed E-state index contributed by atoms with van der Waals surface area (Å²) in [5.74, 6) is 1.16. The van der Waals surface area contributed by atoms with E-state index in [2.05, 4.69) is 86.2 Å². The highest BCUT2D eigenvalue weighted by Crippen LogP contribution is 2.41. The third-order valence-electron chi connectivity index (χ3n) is 10.5. The Balaban J connectivity index is 1.30. The molecule has 6 nitrogen and oxygen atoms in total. The first kappa shape index (κ1) is 31.3. The zero-order valence-electron chi connectivity index (χ0n) is 28.2. The summed E-state index contributed by atoms with van der Waals surface area (Å²) in [6, 6.07) is 17.8. The summed E-state index contributed by atoms with van der Waals surface area (Å²) < 4.78 is 0.990. The molecule has 7 rings (SSSR count). The molecule has 4 heterocycles. The third-order valence-corrected chi connectivity index (χ3v) is 10.5. The number of hydrogen-bond donors (Lipinski definition) is 2. The van der Waals surface area contributed by atoms with Gasteiger partial charge >= 0.3 is 0 Å². The normalized spacial score (nSPS) is 19.0. The van der Waals surface area contributed by atoms with Crippen LogP contribution in [0.5, 0.6) is 0 Å². The average Bonchev–Trinajstić information content (AvgIpc) is 3.40. The summed E-state index contributed by atoms with van der Waals surface area (Å²) in [5.41, 5.74) is 10.4. The lowest BCUT2D eigenvalue weighted by Gasteiger charge is -2.47. The largest absolute Gasteiger partial charge is 0.618 e. The number of benzene rings is 2. The van der Waals surface area contributed by atoms with Crippen molar-refractivity contribution in [3.05, 3.63) is 92.9 Å². The van der Waals surface area contributed by atoms with E-state index in [4.69, 9.17) is 0 Å². The van der Waals surface area contributed by atoms with Crippen LogP contribution in [0.2, 0.25) is 0 Å². The van der Waals surface area contributed by atoms with Crippen LogP contribution in [-0.2, 0) is 16.6 Å². The maximum atomic E-state index is 14.1. The maximum absolute atomic E-state index is 14.1. The average molecular weight is 607 g/mol. The number of rotatable bonds is 9. The highest BCUT2D eigenvalue weighted by Gasteiger charge is 2.42. The van der Waals surface area contributed by atoms with Gasteiger partial charge in [-0.15, -0.1) is 0 Å². The monoisotopic (exact) mass is 606 g/mol. The Bertz CT molecular complexity index is 1680. The standard InChI is InChI=1S/C39H50N4O2/c1-24-16-25(2)18-31(17-24)37-36(26(3)22-40-15-14-30-19-27(4)43(45)28(5)20-30)34-21-32(10-13-35(34)41-37)39(6,7)38(44)42-23-29-8-11-33(42)12-9-29/h10,13,16-21,26,29,33,40-41H,8-9,11-12,14-15,22-23H2,1-7H3/t26-,29?,33?/m1/s1. The van der Waals surface area contributed by atoms with E-state index in [1.165, 1.54) is 46.0 Å². The van der Waals surface area contributed by atoms with Gasteiger partial charge in [0.25, 0.3) is 0 Å². The van der Waals surface area contributed by atoms with Crippen LogP contribution in [0, 0.1) is 38.8 Å². The molecule has 4 aromatic rings. The van der Waals surface area contributed by atoms with Crippen LogP contribution in [0.15, 0.2) is 48.5 Å². The molecule has 1 amide bonds. The van der Waals surface area contributed by atoms with Crippen molar-refractivity contribution in [3.63, 3.8) is 0 Å². The molecule has 6 heteroatoms. The Kier molecular flexibility index (Phi) is 8.55. The maximum Gasteiger partial charge on any atom is 0.232 e. The van der Waals surface area contributed by atoms with Crippen molar-refractivity contribution in [1.82, 2.24) is 15.2 Å². The van der Waals surface area contributed by atoms with Gasteiger partial charge in [0, 0.05) is 56.0 Å². The first-order valence-corrected chi connectivity index (χ1v) is 16.9. The molecule has 2 saturated heterocycles. The van der Waals surface area contributed by atoms with Crippen molar-refractivity contribution in [1.29, 1.82) is 0 Å². The topological polar surface area (TPSA) is 75.1 Å². The molecule has 1 atom stereocenters. The number of carbonyl (C=O) groups is 1. The van der Waals surface area contributed by atoms with Gasteiger partial charge in [-0.05, 0) is 125 Å². The van der Waals surface area contributed by atoms with E-state index in [9.17, 15) is 10.0 Å². The van der Waals surface area contributed by atoms with Gasteiger partial charge in [-0.3, -0.25) is 4.79 Å². The van der Waals surface area contributed by atoms with Gasteiger partial charge in [0.05, 0.1) is 11.1 Å². The fourth-order valence-electron chi connectivity index (χ4n) is 8.03. The Morgan fingerprint density at radius 3 is 2.29 bits per heavy atom. The fourth-order valence-corrected chi connectivity index (χ4v) is 8.03. The number of aromatic nitrogens is 2. The lowest BCUT2D eigenvalue weighted by molar-refractivity contribution is -0.619. The number of pyridine rings is 1. The van der Waals surface area contributed by atoms with Crippen LogP contribution in [0.25, 0.3) is 22.2 Å². The van der Waals surface area contributed by atoms with Gasteiger partial charge in [0.2, 0.25) is 5.91 Å². The minimum atomic E-state index is -0.601. The molecule has 2 aliphatic heterocycles. The number of carbonyl (C=O) groups excluding carboxylic acids is 1. The first-order valence-electron chi connectivity index (χ1n) is 16.9. The molecule has 1 aliphatic carbocycles. The second-order valence-electron chi connectivity index (χ2n) is 14.6. The zero-order chi connectivity index (χ0) is 32.0. The number of piperidine rings is 2. The third kappa shape index (κ3) is 6.14. The van der Waals surface area contributed by atoms with Gasteiger partial charge in [-0.1, -0.05) is 30.2 Å². The smallest absolute Gasteiger partial charge is 0.232 e. The van der Waals surface area contributed by atoms with Crippen LogP contribution in [-0.4, -0.2) is 41.5 Å². The lowest BCUT2D eigenvalue weighted by Crippen LogP contribution is -2.55. The summed E-state index contributed by atoms with van der Waals surface area (Å²) in [7, 11) is 0. The van der Waals surface area contributed by atoms with Crippen molar-refractivity contribution in [2.75, 3.05) is 19.6 Å². The van der Waals surface area contributed by atoms with Gasteiger partial charge < -0.3 is 20.4 Å². The summed E-state index contributed by atoms with van der Waals surface area (Å²) in [6.07, 6.45) is 5.71. The fraction of sp³-hybridized carbons (Fsp3) is 0.487. The molecule has 2 N–H and O–H groups in total. The molecular formula is C39H50N4O2. The van der Waals surface area contributed by atoms with E-state index in [1.807, 2.05) is 26.0 Å². The van der Waals surface area contributed by atoms with Crippen molar-refractivity contribution in [2.45, 2.75) is 97.9 Å². The summed E-state index contributed by atoms with van der Waals surface area (Å²) in [4.78, 5) is 20.1. The van der Waals surface area contributed by atoms with Gasteiger partial charge in [0.1, 0.15) is 0 Å². The number of hydrogen-bond acceptors (Lipinski definition) is 3. The van der Waals surface area contributed by atoms with Gasteiger partial charge in [0.15, 0.2) is 11.4 Å². The van der Waals surface area contributed by atoms with E-state index in [0.29, 0.717) is 12.0 Å². The van der Waals surface area contributed by atoms with Crippen LogP contribution < -0.4 is 10.0 Å². The molecule has 2 aromatic heterocycles. The summed E-state index contributed by atoms with van der Waals surface area (Å²) >= 11 is 0. The van der Waals surface area contributed by atoms with Gasteiger partial charge in [-0.2, -0.15) is 4.73 Å². The molecule has 0 radical (unpaired) electrons. The number of amides is 1. The Hall–Kier alpha value is -3.64. The predicted octanol–water partition coefficient (Wildman–Crippen LogP) is 7.32. The highest BCUT2D eigenvalue weighted by atomic mass is 16.5. The Morgan fingerprint density at radius 1 is 1.00 bits per heavy atom. The van der Waals surface area contributed by atoms with Crippen molar-refractivity contribution in [2.24, 2.45) is 5.92 Å². The van der Waals surface area contributed by atoms with Crippen molar-refractivity contribution >= 4 is 16.8 Å². The number of nitrogens with one attached hydrogen (secondary N) is 2. The second-order valence-corrected chi connectivity index (χ2v) is 14.6. The van der Waals surface area contributed by atoms with Gasteiger partial charge in [-0.25, -0.2) is 0 Å². The van der Waals surface area contributed by atoms with E-state index >= 15 is 0 Å². The van der Waals surface area contributed by atoms with Crippen LogP contribution in [0.4, 0.5) is 0 Å². The summed E-state index contributed by atoms with van der Waals surface area (Å²) in [5, 5.41) is 17.0. The molecule has 3 fully saturated rings. The molecule has 1 saturated carbocycles. The molecule has 0 spiro atoms. The number of nitrogens with zero attached hydrogens (tertiary/aromatic N) is 2. The van der Waals surface area contributed by atoms with Crippen molar-refractivity contribution < 1.29 is 9.52 Å². The molecular weight excluding hydrogens is 556 g/mol. The minimum absolute atomic E-state index is 0.226. The zero-order valence-corrected chi connectivity index (χ0v) is 28.2. The molecule has 0 unspecified atom stereocenters. The van der Waals surface area contributed by atoms with Crippen molar-refractivity contribution in [3.8, 4) is 11.3 Å². The quantitative estimate of drug-likeness (QED) is 0.119. The lowest BCUT2D eigenvalue weighted by atomic mass is 9.76. The Labute approximate surface area is 268 Å². The van der Waals surface area contributed by atoms with Crippen LogP contribution in [0.1, 0.15) is 91.6 Å².